The van der Waals surface area contributed by atoms with Gasteiger partial charge in [-0.15, -0.1) is 11.6 Å². The van der Waals surface area contributed by atoms with Crippen molar-refractivity contribution < 1.29 is 12.6 Å². The molecule has 0 aliphatic carbocycles. The summed E-state index contributed by atoms with van der Waals surface area (Å²) in [5, 5.41) is 0. The first-order valence-electron chi connectivity index (χ1n) is 5.13. The van der Waals surface area contributed by atoms with Gasteiger partial charge in [0, 0.05) is 34.7 Å². The first-order chi connectivity index (χ1) is 7.26. The molecule has 3 atom stereocenters. The van der Waals surface area contributed by atoms with Gasteiger partial charge in [0.1, 0.15) is 0 Å². The van der Waals surface area contributed by atoms with Gasteiger partial charge < -0.3 is 0 Å². The molecule has 0 saturated heterocycles. The van der Waals surface area contributed by atoms with Crippen molar-refractivity contribution in [2.75, 3.05) is 23.6 Å². The van der Waals surface area contributed by atoms with Gasteiger partial charge in [-0.2, -0.15) is 0 Å². The van der Waals surface area contributed by atoms with E-state index in [4.69, 9.17) is 11.6 Å². The molecule has 0 bridgehead atoms. The fraction of sp³-hybridized carbons (Fsp3) is 1.00. The van der Waals surface area contributed by atoms with E-state index in [1.165, 1.54) is 0 Å². The van der Waals surface area contributed by atoms with Gasteiger partial charge in [0.2, 0.25) is 10.0 Å². The van der Waals surface area contributed by atoms with E-state index in [-0.39, 0.29) is 17.7 Å². The van der Waals surface area contributed by atoms with Crippen molar-refractivity contribution in [2.24, 2.45) is 5.92 Å². The highest BCUT2D eigenvalue weighted by molar-refractivity contribution is 7.89. The lowest BCUT2D eigenvalue weighted by Crippen LogP contribution is -2.36. The molecule has 0 aliphatic heterocycles. The lowest BCUT2D eigenvalue weighted by atomic mass is 10.3. The van der Waals surface area contributed by atoms with Crippen molar-refractivity contribution in [3.63, 3.8) is 0 Å². The number of nitrogens with one attached hydrogen (secondary N) is 1. The Bertz CT molecular complexity index is 319. The van der Waals surface area contributed by atoms with Crippen molar-refractivity contribution in [2.45, 2.75) is 26.3 Å². The third-order valence-electron chi connectivity index (χ3n) is 1.99. The Labute approximate surface area is 106 Å². The van der Waals surface area contributed by atoms with Crippen LogP contribution in [-0.4, -0.2) is 42.3 Å². The van der Waals surface area contributed by atoms with E-state index in [1.54, 1.807) is 20.1 Å². The first kappa shape index (κ1) is 16.4. The monoisotopic (exact) mass is 289 g/mol. The van der Waals surface area contributed by atoms with E-state index in [0.29, 0.717) is 18.1 Å². The number of hydrogen-bond acceptors (Lipinski definition) is 3. The van der Waals surface area contributed by atoms with Crippen molar-refractivity contribution >= 4 is 32.4 Å². The molecule has 0 heterocycles. The molecule has 0 radical (unpaired) electrons. The number of alkyl halides is 1. The standard InChI is InChI=1S/C9H20ClNO3S2/c1-8(6-10)7-16(13,14)11-9(2)4-5-15(3)12/h8-9,11H,4-7H2,1-3H3. The van der Waals surface area contributed by atoms with Crippen LogP contribution in [0.1, 0.15) is 20.3 Å². The summed E-state index contributed by atoms with van der Waals surface area (Å²) in [6.45, 7) is 3.56. The van der Waals surface area contributed by atoms with Gasteiger partial charge in [0.25, 0.3) is 0 Å². The molecule has 0 aromatic carbocycles. The Hall–Kier alpha value is 0.350. The van der Waals surface area contributed by atoms with E-state index < -0.39 is 20.8 Å². The summed E-state index contributed by atoms with van der Waals surface area (Å²) in [6.07, 6.45) is 2.19. The summed E-state index contributed by atoms with van der Waals surface area (Å²) in [6, 6.07) is -0.184. The average Bonchev–Trinajstić information content (AvgIpc) is 2.13. The highest BCUT2D eigenvalue weighted by Gasteiger charge is 2.17. The van der Waals surface area contributed by atoms with E-state index in [1.807, 2.05) is 0 Å². The second kappa shape index (κ2) is 7.63. The van der Waals surface area contributed by atoms with Crippen molar-refractivity contribution in [3.8, 4) is 0 Å². The zero-order chi connectivity index (χ0) is 12.8. The van der Waals surface area contributed by atoms with E-state index >= 15 is 0 Å². The Kier molecular flexibility index (Phi) is 7.80. The maximum atomic E-state index is 11.6. The van der Waals surface area contributed by atoms with Crippen molar-refractivity contribution in [1.29, 1.82) is 0 Å². The SMILES string of the molecule is CC(CCl)CS(=O)(=O)NC(C)CCS(C)=O. The third kappa shape index (κ3) is 8.50. The van der Waals surface area contributed by atoms with Gasteiger partial charge in [-0.1, -0.05) is 6.92 Å². The molecule has 0 aromatic rings. The molecular weight excluding hydrogens is 270 g/mol. The van der Waals surface area contributed by atoms with E-state index in [2.05, 4.69) is 4.72 Å². The van der Waals surface area contributed by atoms with Crippen molar-refractivity contribution in [1.82, 2.24) is 4.72 Å². The van der Waals surface area contributed by atoms with Crippen LogP contribution in [-0.2, 0) is 20.8 Å². The Morgan fingerprint density at radius 2 is 1.94 bits per heavy atom. The molecule has 0 fully saturated rings. The maximum Gasteiger partial charge on any atom is 0.212 e. The van der Waals surface area contributed by atoms with Gasteiger partial charge in [0.15, 0.2) is 0 Å². The minimum Gasteiger partial charge on any atom is -0.260 e. The van der Waals surface area contributed by atoms with Gasteiger partial charge in [-0.3, -0.25) is 4.21 Å². The Balaban J connectivity index is 4.10. The number of hydrogen-bond donors (Lipinski definition) is 1. The van der Waals surface area contributed by atoms with Gasteiger partial charge >= 0.3 is 0 Å². The molecule has 4 nitrogen and oxygen atoms in total. The van der Waals surface area contributed by atoms with Crippen LogP contribution in [0.25, 0.3) is 0 Å². The smallest absolute Gasteiger partial charge is 0.212 e. The van der Waals surface area contributed by atoms with Crippen LogP contribution >= 0.6 is 11.6 Å². The molecule has 3 unspecified atom stereocenters. The summed E-state index contributed by atoms with van der Waals surface area (Å²) >= 11 is 5.56. The molecule has 0 aromatic heterocycles. The number of halogens is 1. The van der Waals surface area contributed by atoms with E-state index in [0.717, 1.165) is 0 Å². The van der Waals surface area contributed by atoms with Gasteiger partial charge in [0.05, 0.1) is 5.75 Å². The quantitative estimate of drug-likeness (QED) is 0.677. The van der Waals surface area contributed by atoms with Crippen LogP contribution in [0.5, 0.6) is 0 Å². The molecule has 0 amide bonds. The van der Waals surface area contributed by atoms with Crippen LogP contribution in [0.3, 0.4) is 0 Å². The lowest BCUT2D eigenvalue weighted by Gasteiger charge is -2.15. The summed E-state index contributed by atoms with van der Waals surface area (Å²) in [5.74, 6) is 0.811. The highest BCUT2D eigenvalue weighted by atomic mass is 35.5. The van der Waals surface area contributed by atoms with Crippen LogP contribution in [0, 0.1) is 5.92 Å². The Morgan fingerprint density at radius 1 is 1.38 bits per heavy atom. The second-order valence-electron chi connectivity index (χ2n) is 4.13. The predicted molar refractivity (Wildman–Crippen MR) is 69.8 cm³/mol. The van der Waals surface area contributed by atoms with Crippen LogP contribution in [0.2, 0.25) is 0 Å². The fourth-order valence-corrected chi connectivity index (χ4v) is 3.79. The zero-order valence-electron chi connectivity index (χ0n) is 9.90. The topological polar surface area (TPSA) is 63.2 Å². The minimum atomic E-state index is -3.27. The number of rotatable bonds is 8. The summed E-state index contributed by atoms with van der Waals surface area (Å²) in [5.41, 5.74) is 0. The van der Waals surface area contributed by atoms with E-state index in [9.17, 15) is 12.6 Å². The lowest BCUT2D eigenvalue weighted by molar-refractivity contribution is 0.545. The fourth-order valence-electron chi connectivity index (χ4n) is 1.18. The molecule has 0 spiro atoms. The van der Waals surface area contributed by atoms with Crippen LogP contribution in [0.15, 0.2) is 0 Å². The summed E-state index contributed by atoms with van der Waals surface area (Å²) in [4.78, 5) is 0. The normalized spacial score (nSPS) is 18.0. The van der Waals surface area contributed by atoms with Crippen LogP contribution in [0.4, 0.5) is 0 Å². The zero-order valence-corrected chi connectivity index (χ0v) is 12.3. The molecule has 0 aliphatic rings. The molecule has 1 N–H and O–H groups in total. The molecule has 98 valence electrons. The third-order valence-corrected chi connectivity index (χ3v) is 5.09. The minimum absolute atomic E-state index is 0.0378. The number of sulfonamides is 1. The first-order valence-corrected chi connectivity index (χ1v) is 9.04. The Morgan fingerprint density at radius 3 is 2.38 bits per heavy atom. The highest BCUT2D eigenvalue weighted by Crippen LogP contribution is 2.04. The largest absolute Gasteiger partial charge is 0.260 e. The van der Waals surface area contributed by atoms with Gasteiger partial charge in [-0.25, -0.2) is 13.1 Å². The predicted octanol–water partition coefficient (Wildman–Crippen LogP) is 0.938. The molecule has 0 rings (SSSR count). The molecule has 16 heavy (non-hydrogen) atoms. The molecule has 7 heteroatoms. The van der Waals surface area contributed by atoms with Crippen LogP contribution < -0.4 is 4.72 Å². The summed E-state index contributed by atoms with van der Waals surface area (Å²) < 4.78 is 36.6. The second-order valence-corrected chi connectivity index (χ2v) is 7.79. The molecular formula is C9H20ClNO3S2. The summed E-state index contributed by atoms with van der Waals surface area (Å²) in [7, 11) is -4.16. The average molecular weight is 290 g/mol. The van der Waals surface area contributed by atoms with Gasteiger partial charge in [-0.05, 0) is 19.3 Å². The maximum absolute atomic E-state index is 11.6. The molecule has 0 saturated carbocycles. The van der Waals surface area contributed by atoms with Crippen molar-refractivity contribution in [3.05, 3.63) is 0 Å².